The number of rotatable bonds is 4. The summed E-state index contributed by atoms with van der Waals surface area (Å²) >= 11 is 0. The third-order valence-corrected chi connectivity index (χ3v) is 3.03. The summed E-state index contributed by atoms with van der Waals surface area (Å²) in [6.45, 7) is 4.15. The van der Waals surface area contributed by atoms with Crippen LogP contribution in [-0.2, 0) is 0 Å². The van der Waals surface area contributed by atoms with Gasteiger partial charge in [-0.25, -0.2) is 14.8 Å². The maximum Gasteiger partial charge on any atom is 0.354 e. The molecule has 0 aliphatic heterocycles. The lowest BCUT2D eigenvalue weighted by atomic mass is 9.98. The number of benzene rings is 1. The Morgan fingerprint density at radius 1 is 1.25 bits per heavy atom. The molecular weight excluding hydrogens is 256 g/mol. The van der Waals surface area contributed by atoms with E-state index >= 15 is 0 Å². The molecule has 1 N–H and O–H groups in total. The Kier molecular flexibility index (Phi) is 3.98. The normalized spacial score (nSPS) is 10.6. The average Bonchev–Trinajstić information content (AvgIpc) is 2.46. The van der Waals surface area contributed by atoms with E-state index in [2.05, 4.69) is 23.8 Å². The number of carboxylic acid groups (broad SMARTS) is 1. The zero-order valence-electron chi connectivity index (χ0n) is 11.6. The van der Waals surface area contributed by atoms with Crippen molar-refractivity contribution < 1.29 is 14.6 Å². The van der Waals surface area contributed by atoms with Gasteiger partial charge in [0.1, 0.15) is 12.1 Å². The van der Waals surface area contributed by atoms with E-state index in [0.717, 1.165) is 16.9 Å². The van der Waals surface area contributed by atoms with Gasteiger partial charge in [-0.2, -0.15) is 0 Å². The molecule has 0 saturated carbocycles. The molecule has 0 aliphatic carbocycles. The van der Waals surface area contributed by atoms with Crippen LogP contribution in [0.2, 0.25) is 0 Å². The second-order valence-corrected chi connectivity index (χ2v) is 4.71. The monoisotopic (exact) mass is 272 g/mol. The van der Waals surface area contributed by atoms with Gasteiger partial charge in [-0.15, -0.1) is 0 Å². The molecule has 1 heterocycles. The van der Waals surface area contributed by atoms with Gasteiger partial charge in [0, 0.05) is 5.56 Å². The summed E-state index contributed by atoms with van der Waals surface area (Å²) in [5, 5.41) is 8.97. The van der Waals surface area contributed by atoms with Crippen molar-refractivity contribution in [3.63, 3.8) is 0 Å². The molecule has 0 fully saturated rings. The van der Waals surface area contributed by atoms with Gasteiger partial charge in [0.05, 0.1) is 12.8 Å². The number of carboxylic acids is 1. The minimum atomic E-state index is -1.06. The highest BCUT2D eigenvalue weighted by Crippen LogP contribution is 2.30. The van der Waals surface area contributed by atoms with Crippen LogP contribution in [0.1, 0.15) is 35.8 Å². The molecule has 0 amide bonds. The van der Waals surface area contributed by atoms with Crippen molar-refractivity contribution in [2.75, 3.05) is 7.11 Å². The largest absolute Gasteiger partial charge is 0.496 e. The lowest BCUT2D eigenvalue weighted by molar-refractivity contribution is 0.0690. The SMILES string of the molecule is COc1ccc(-c2cc(C(=O)O)ncn2)cc1C(C)C. The molecular formula is C15H16N2O3. The summed E-state index contributed by atoms with van der Waals surface area (Å²) in [5.74, 6) is 0.0493. The quantitative estimate of drug-likeness (QED) is 0.926. The van der Waals surface area contributed by atoms with Crippen LogP contribution in [0.25, 0.3) is 11.3 Å². The van der Waals surface area contributed by atoms with Crippen molar-refractivity contribution in [3.8, 4) is 17.0 Å². The van der Waals surface area contributed by atoms with Gasteiger partial charge in [-0.3, -0.25) is 0 Å². The summed E-state index contributed by atoms with van der Waals surface area (Å²) in [6, 6.07) is 7.16. The lowest BCUT2D eigenvalue weighted by Gasteiger charge is -2.13. The molecule has 0 saturated heterocycles. The van der Waals surface area contributed by atoms with Crippen LogP contribution in [-0.4, -0.2) is 28.2 Å². The van der Waals surface area contributed by atoms with Crippen LogP contribution in [0.5, 0.6) is 5.75 Å². The van der Waals surface area contributed by atoms with Gasteiger partial charge in [0.2, 0.25) is 0 Å². The number of aromatic nitrogens is 2. The smallest absolute Gasteiger partial charge is 0.354 e. The summed E-state index contributed by atoms with van der Waals surface area (Å²) in [7, 11) is 1.63. The lowest BCUT2D eigenvalue weighted by Crippen LogP contribution is -2.01. The van der Waals surface area contributed by atoms with Crippen LogP contribution in [0.3, 0.4) is 0 Å². The second kappa shape index (κ2) is 5.69. The molecule has 0 spiro atoms. The molecule has 0 bridgehead atoms. The van der Waals surface area contributed by atoms with Crippen LogP contribution in [0.15, 0.2) is 30.6 Å². The number of carbonyl (C=O) groups is 1. The summed E-state index contributed by atoms with van der Waals surface area (Å²) < 4.78 is 5.33. The number of ether oxygens (including phenoxy) is 1. The number of aromatic carboxylic acids is 1. The molecule has 0 radical (unpaired) electrons. The first-order valence-electron chi connectivity index (χ1n) is 6.26. The summed E-state index contributed by atoms with van der Waals surface area (Å²) in [4.78, 5) is 18.8. The van der Waals surface area contributed by atoms with Crippen LogP contribution < -0.4 is 4.74 Å². The van der Waals surface area contributed by atoms with E-state index in [9.17, 15) is 4.79 Å². The van der Waals surface area contributed by atoms with Crippen molar-refractivity contribution in [2.45, 2.75) is 19.8 Å². The highest BCUT2D eigenvalue weighted by Gasteiger charge is 2.12. The molecule has 5 nitrogen and oxygen atoms in total. The van der Waals surface area contributed by atoms with E-state index in [4.69, 9.17) is 9.84 Å². The third-order valence-electron chi connectivity index (χ3n) is 3.03. The Bertz CT molecular complexity index is 639. The van der Waals surface area contributed by atoms with E-state index in [1.807, 2.05) is 18.2 Å². The fraction of sp³-hybridized carbons (Fsp3) is 0.267. The highest BCUT2D eigenvalue weighted by molar-refractivity contribution is 5.86. The van der Waals surface area contributed by atoms with Crippen LogP contribution >= 0.6 is 0 Å². The van der Waals surface area contributed by atoms with Gasteiger partial charge in [-0.05, 0) is 35.7 Å². The Morgan fingerprint density at radius 3 is 2.60 bits per heavy atom. The fourth-order valence-corrected chi connectivity index (χ4v) is 1.98. The second-order valence-electron chi connectivity index (χ2n) is 4.71. The number of nitrogens with zero attached hydrogens (tertiary/aromatic N) is 2. The van der Waals surface area contributed by atoms with Gasteiger partial charge in [-0.1, -0.05) is 13.8 Å². The number of hydrogen-bond donors (Lipinski definition) is 1. The van der Waals surface area contributed by atoms with E-state index in [1.54, 1.807) is 7.11 Å². The topological polar surface area (TPSA) is 72.3 Å². The van der Waals surface area contributed by atoms with Crippen LogP contribution in [0, 0.1) is 0 Å². The van der Waals surface area contributed by atoms with Crippen molar-refractivity contribution in [1.82, 2.24) is 9.97 Å². The van der Waals surface area contributed by atoms with E-state index in [1.165, 1.54) is 12.4 Å². The molecule has 0 aliphatic rings. The Morgan fingerprint density at radius 2 is 2.00 bits per heavy atom. The van der Waals surface area contributed by atoms with Crippen molar-refractivity contribution in [3.05, 3.63) is 41.9 Å². The third kappa shape index (κ3) is 2.77. The molecule has 20 heavy (non-hydrogen) atoms. The van der Waals surface area contributed by atoms with Gasteiger partial charge >= 0.3 is 5.97 Å². The average molecular weight is 272 g/mol. The first-order valence-corrected chi connectivity index (χ1v) is 6.26. The predicted molar refractivity (Wildman–Crippen MR) is 75.1 cm³/mol. The van der Waals surface area contributed by atoms with E-state index in [-0.39, 0.29) is 5.69 Å². The molecule has 2 aromatic rings. The maximum absolute atomic E-state index is 10.9. The molecule has 104 valence electrons. The minimum Gasteiger partial charge on any atom is -0.496 e. The van der Waals surface area contributed by atoms with Gasteiger partial charge < -0.3 is 9.84 Å². The Labute approximate surface area is 117 Å². The zero-order chi connectivity index (χ0) is 14.7. The summed E-state index contributed by atoms with van der Waals surface area (Å²) in [5.41, 5.74) is 2.47. The Balaban J connectivity index is 2.50. The predicted octanol–water partition coefficient (Wildman–Crippen LogP) is 2.97. The molecule has 1 aromatic heterocycles. The van der Waals surface area contributed by atoms with E-state index in [0.29, 0.717) is 11.6 Å². The molecule has 2 rings (SSSR count). The van der Waals surface area contributed by atoms with Crippen molar-refractivity contribution in [2.24, 2.45) is 0 Å². The number of methoxy groups -OCH3 is 1. The molecule has 0 unspecified atom stereocenters. The van der Waals surface area contributed by atoms with Crippen LogP contribution in [0.4, 0.5) is 0 Å². The standard InChI is InChI=1S/C15H16N2O3/c1-9(2)11-6-10(4-5-14(11)20-3)12-7-13(15(18)19)17-8-16-12/h4-9H,1-3H3,(H,18,19). The van der Waals surface area contributed by atoms with Gasteiger partial charge in [0.15, 0.2) is 5.69 Å². The number of hydrogen-bond acceptors (Lipinski definition) is 4. The molecule has 0 atom stereocenters. The maximum atomic E-state index is 10.9. The highest BCUT2D eigenvalue weighted by atomic mass is 16.5. The van der Waals surface area contributed by atoms with Gasteiger partial charge in [0.25, 0.3) is 0 Å². The minimum absolute atomic E-state index is 0.0167. The summed E-state index contributed by atoms with van der Waals surface area (Å²) in [6.07, 6.45) is 1.26. The Hall–Kier alpha value is -2.43. The fourth-order valence-electron chi connectivity index (χ4n) is 1.98. The first kappa shape index (κ1) is 14.0. The molecule has 5 heteroatoms. The first-order chi connectivity index (χ1) is 9.52. The van der Waals surface area contributed by atoms with Crippen molar-refractivity contribution >= 4 is 5.97 Å². The zero-order valence-corrected chi connectivity index (χ0v) is 11.6. The van der Waals surface area contributed by atoms with E-state index < -0.39 is 5.97 Å². The van der Waals surface area contributed by atoms with Crippen molar-refractivity contribution in [1.29, 1.82) is 0 Å². The molecule has 1 aromatic carbocycles.